The van der Waals surface area contributed by atoms with Gasteiger partial charge in [0.15, 0.2) is 0 Å². The van der Waals surface area contributed by atoms with Gasteiger partial charge in [0.2, 0.25) is 0 Å². The van der Waals surface area contributed by atoms with Gasteiger partial charge >= 0.3 is 0 Å². The molecule has 2 N–H and O–H groups in total. The predicted molar refractivity (Wildman–Crippen MR) is 84.4 cm³/mol. The molecule has 1 heterocycles. The van der Waals surface area contributed by atoms with E-state index in [9.17, 15) is 5.11 Å². The van der Waals surface area contributed by atoms with Crippen molar-refractivity contribution in [3.63, 3.8) is 0 Å². The molecule has 1 atom stereocenters. The average molecular weight is 317 g/mol. The van der Waals surface area contributed by atoms with Crippen LogP contribution in [-0.2, 0) is 6.54 Å². The van der Waals surface area contributed by atoms with Crippen molar-refractivity contribution in [2.45, 2.75) is 38.5 Å². The first kappa shape index (κ1) is 16.1. The fourth-order valence-corrected chi connectivity index (χ4v) is 3.10. The summed E-state index contributed by atoms with van der Waals surface area (Å²) in [5.74, 6) is 0. The van der Waals surface area contributed by atoms with Crippen LogP contribution >= 0.6 is 23.2 Å². The average Bonchev–Trinajstić information content (AvgIpc) is 2.83. The number of hydrogen-bond donors (Lipinski definition) is 2. The molecule has 0 amide bonds. The van der Waals surface area contributed by atoms with Crippen LogP contribution in [0.15, 0.2) is 18.2 Å². The summed E-state index contributed by atoms with van der Waals surface area (Å²) in [6.07, 6.45) is 1.10. The van der Waals surface area contributed by atoms with Crippen molar-refractivity contribution in [1.82, 2.24) is 10.2 Å². The SMILES string of the molecule is CC(C)(O)CN(Cc1ccc(Cl)cc1Cl)[C@H]1CCNC1. The smallest absolute Gasteiger partial charge is 0.0718 e. The fourth-order valence-electron chi connectivity index (χ4n) is 2.63. The van der Waals surface area contributed by atoms with E-state index in [0.717, 1.165) is 31.6 Å². The zero-order valence-electron chi connectivity index (χ0n) is 12.0. The molecule has 0 radical (unpaired) electrons. The largest absolute Gasteiger partial charge is 0.389 e. The lowest BCUT2D eigenvalue weighted by atomic mass is 10.1. The summed E-state index contributed by atoms with van der Waals surface area (Å²) < 4.78 is 0. The van der Waals surface area contributed by atoms with Crippen molar-refractivity contribution in [3.8, 4) is 0 Å². The van der Waals surface area contributed by atoms with Crippen LogP contribution in [0.4, 0.5) is 0 Å². The maximum atomic E-state index is 10.1. The molecule has 0 aliphatic carbocycles. The number of nitrogens with zero attached hydrogens (tertiary/aromatic N) is 1. The molecule has 1 saturated heterocycles. The second-order valence-corrected chi connectivity index (χ2v) is 6.94. The van der Waals surface area contributed by atoms with Gasteiger partial charge in [-0.05, 0) is 44.5 Å². The molecule has 0 aromatic heterocycles. The summed E-state index contributed by atoms with van der Waals surface area (Å²) in [7, 11) is 0. The minimum atomic E-state index is -0.721. The maximum absolute atomic E-state index is 10.1. The molecule has 20 heavy (non-hydrogen) atoms. The van der Waals surface area contributed by atoms with Gasteiger partial charge in [0.25, 0.3) is 0 Å². The van der Waals surface area contributed by atoms with Crippen molar-refractivity contribution >= 4 is 23.2 Å². The monoisotopic (exact) mass is 316 g/mol. The topological polar surface area (TPSA) is 35.5 Å². The lowest BCUT2D eigenvalue weighted by molar-refractivity contribution is 0.0200. The van der Waals surface area contributed by atoms with Crippen molar-refractivity contribution in [2.75, 3.05) is 19.6 Å². The third kappa shape index (κ3) is 4.61. The predicted octanol–water partition coefficient (Wildman–Crippen LogP) is 2.93. The summed E-state index contributed by atoms with van der Waals surface area (Å²) in [5.41, 5.74) is 0.328. The first-order chi connectivity index (χ1) is 9.35. The van der Waals surface area contributed by atoms with Gasteiger partial charge in [0.1, 0.15) is 0 Å². The van der Waals surface area contributed by atoms with Crippen LogP contribution < -0.4 is 5.32 Å². The fraction of sp³-hybridized carbons (Fsp3) is 0.600. The van der Waals surface area contributed by atoms with E-state index in [2.05, 4.69) is 10.2 Å². The minimum Gasteiger partial charge on any atom is -0.389 e. The van der Waals surface area contributed by atoms with Gasteiger partial charge in [0, 0.05) is 35.7 Å². The van der Waals surface area contributed by atoms with Crippen LogP contribution in [-0.4, -0.2) is 41.3 Å². The van der Waals surface area contributed by atoms with Gasteiger partial charge < -0.3 is 10.4 Å². The normalized spacial score (nSPS) is 19.8. The summed E-state index contributed by atoms with van der Waals surface area (Å²) in [6.45, 7) is 7.02. The molecule has 0 bridgehead atoms. The zero-order chi connectivity index (χ0) is 14.8. The van der Waals surface area contributed by atoms with Gasteiger partial charge in [-0.1, -0.05) is 29.3 Å². The van der Waals surface area contributed by atoms with Crippen LogP contribution in [0.2, 0.25) is 10.0 Å². The molecule has 112 valence electrons. The summed E-state index contributed by atoms with van der Waals surface area (Å²) >= 11 is 12.2. The highest BCUT2D eigenvalue weighted by Crippen LogP contribution is 2.24. The highest BCUT2D eigenvalue weighted by atomic mass is 35.5. The quantitative estimate of drug-likeness (QED) is 0.876. The van der Waals surface area contributed by atoms with E-state index in [0.29, 0.717) is 22.6 Å². The molecule has 2 rings (SSSR count). The summed E-state index contributed by atoms with van der Waals surface area (Å²) in [6, 6.07) is 6.03. The van der Waals surface area contributed by atoms with Crippen LogP contribution in [0.25, 0.3) is 0 Å². The Kier molecular flexibility index (Phi) is 5.32. The van der Waals surface area contributed by atoms with Crippen molar-refractivity contribution in [3.05, 3.63) is 33.8 Å². The van der Waals surface area contributed by atoms with E-state index in [1.165, 1.54) is 0 Å². The highest BCUT2D eigenvalue weighted by molar-refractivity contribution is 6.35. The molecule has 1 aliphatic heterocycles. The maximum Gasteiger partial charge on any atom is 0.0718 e. The van der Waals surface area contributed by atoms with E-state index >= 15 is 0 Å². The van der Waals surface area contributed by atoms with E-state index in [-0.39, 0.29) is 0 Å². The molecule has 0 saturated carbocycles. The molecule has 3 nitrogen and oxygen atoms in total. The molecule has 1 aliphatic rings. The van der Waals surface area contributed by atoms with E-state index in [1.807, 2.05) is 26.0 Å². The van der Waals surface area contributed by atoms with Gasteiger partial charge in [-0.2, -0.15) is 0 Å². The third-order valence-corrected chi connectivity index (χ3v) is 4.12. The second kappa shape index (κ2) is 6.63. The molecule has 1 aromatic rings. The van der Waals surface area contributed by atoms with Crippen LogP contribution in [0.3, 0.4) is 0 Å². The number of aliphatic hydroxyl groups is 1. The Morgan fingerprint density at radius 2 is 2.15 bits per heavy atom. The van der Waals surface area contributed by atoms with Gasteiger partial charge in [-0.25, -0.2) is 0 Å². The molecular weight excluding hydrogens is 295 g/mol. The number of benzene rings is 1. The Morgan fingerprint density at radius 1 is 1.40 bits per heavy atom. The Hall–Kier alpha value is -0.320. The lowest BCUT2D eigenvalue weighted by Gasteiger charge is -2.33. The molecular formula is C15H22Cl2N2O. The van der Waals surface area contributed by atoms with Crippen molar-refractivity contribution in [2.24, 2.45) is 0 Å². The molecule has 1 fully saturated rings. The Labute approximate surface area is 130 Å². The first-order valence-electron chi connectivity index (χ1n) is 6.96. The molecule has 0 spiro atoms. The zero-order valence-corrected chi connectivity index (χ0v) is 13.5. The minimum absolute atomic E-state index is 0.438. The van der Waals surface area contributed by atoms with Crippen LogP contribution in [0, 0.1) is 0 Å². The molecule has 1 aromatic carbocycles. The number of halogens is 2. The van der Waals surface area contributed by atoms with E-state index in [1.54, 1.807) is 6.07 Å². The van der Waals surface area contributed by atoms with E-state index < -0.39 is 5.60 Å². The highest BCUT2D eigenvalue weighted by Gasteiger charge is 2.27. The van der Waals surface area contributed by atoms with E-state index in [4.69, 9.17) is 23.2 Å². The second-order valence-electron chi connectivity index (χ2n) is 6.10. The number of nitrogens with one attached hydrogen (secondary N) is 1. The van der Waals surface area contributed by atoms with Crippen molar-refractivity contribution < 1.29 is 5.11 Å². The lowest BCUT2D eigenvalue weighted by Crippen LogP contribution is -2.45. The molecule has 5 heteroatoms. The third-order valence-electron chi connectivity index (χ3n) is 3.53. The number of rotatable bonds is 5. The van der Waals surface area contributed by atoms with Crippen LogP contribution in [0.5, 0.6) is 0 Å². The van der Waals surface area contributed by atoms with Crippen molar-refractivity contribution in [1.29, 1.82) is 0 Å². The standard InChI is InChI=1S/C15H22Cl2N2O/c1-15(2,20)10-19(13-5-6-18-8-13)9-11-3-4-12(16)7-14(11)17/h3-4,7,13,18,20H,5-6,8-10H2,1-2H3/t13-/m0/s1. The van der Waals surface area contributed by atoms with Crippen LogP contribution in [0.1, 0.15) is 25.8 Å². The van der Waals surface area contributed by atoms with Gasteiger partial charge in [-0.15, -0.1) is 0 Å². The Balaban J connectivity index is 2.13. The summed E-state index contributed by atoms with van der Waals surface area (Å²) in [4.78, 5) is 2.30. The van der Waals surface area contributed by atoms with Gasteiger partial charge in [-0.3, -0.25) is 4.90 Å². The summed E-state index contributed by atoms with van der Waals surface area (Å²) in [5, 5.41) is 14.8. The Morgan fingerprint density at radius 3 is 2.70 bits per heavy atom. The first-order valence-corrected chi connectivity index (χ1v) is 7.72. The number of hydrogen-bond acceptors (Lipinski definition) is 3. The Bertz CT molecular complexity index is 454. The molecule has 0 unspecified atom stereocenters. The van der Waals surface area contributed by atoms with Gasteiger partial charge in [0.05, 0.1) is 5.60 Å².